The van der Waals surface area contributed by atoms with Crippen molar-refractivity contribution >= 4 is 5.78 Å². The van der Waals surface area contributed by atoms with Crippen LogP contribution in [0.5, 0.6) is 0 Å². The average Bonchev–Trinajstić information content (AvgIpc) is 2.02. The SMILES string of the molecule is CCCC(C)C(=O)CC(C)C(C)(C)C. The molecule has 0 rings (SSSR count). The predicted octanol–water partition coefficient (Wildman–Crippen LogP) is 4.06. The summed E-state index contributed by atoms with van der Waals surface area (Å²) < 4.78 is 0. The summed E-state index contributed by atoms with van der Waals surface area (Å²) in [7, 11) is 0. The highest BCUT2D eigenvalue weighted by molar-refractivity contribution is 5.80. The van der Waals surface area contributed by atoms with Gasteiger partial charge in [-0.15, -0.1) is 0 Å². The topological polar surface area (TPSA) is 17.1 Å². The summed E-state index contributed by atoms with van der Waals surface area (Å²) in [4.78, 5) is 11.8. The van der Waals surface area contributed by atoms with Crippen molar-refractivity contribution in [3.63, 3.8) is 0 Å². The van der Waals surface area contributed by atoms with Gasteiger partial charge in [0.05, 0.1) is 0 Å². The van der Waals surface area contributed by atoms with Crippen molar-refractivity contribution in [3.05, 3.63) is 0 Å². The van der Waals surface area contributed by atoms with E-state index in [9.17, 15) is 4.79 Å². The quantitative estimate of drug-likeness (QED) is 0.651. The van der Waals surface area contributed by atoms with E-state index in [2.05, 4.69) is 41.5 Å². The van der Waals surface area contributed by atoms with E-state index < -0.39 is 0 Å². The highest BCUT2D eigenvalue weighted by atomic mass is 16.1. The summed E-state index contributed by atoms with van der Waals surface area (Å²) >= 11 is 0. The lowest BCUT2D eigenvalue weighted by Crippen LogP contribution is -2.23. The number of rotatable bonds is 5. The summed E-state index contributed by atoms with van der Waals surface area (Å²) in [6, 6.07) is 0. The molecule has 0 aromatic carbocycles. The molecule has 14 heavy (non-hydrogen) atoms. The van der Waals surface area contributed by atoms with Crippen molar-refractivity contribution < 1.29 is 4.79 Å². The Morgan fingerprint density at radius 1 is 1.21 bits per heavy atom. The highest BCUT2D eigenvalue weighted by Gasteiger charge is 2.24. The van der Waals surface area contributed by atoms with Crippen LogP contribution in [0.2, 0.25) is 0 Å². The van der Waals surface area contributed by atoms with Crippen LogP contribution in [-0.2, 0) is 4.79 Å². The second kappa shape index (κ2) is 5.53. The molecule has 0 heterocycles. The minimum Gasteiger partial charge on any atom is -0.299 e. The molecule has 2 unspecified atom stereocenters. The van der Waals surface area contributed by atoms with Crippen LogP contribution in [0.3, 0.4) is 0 Å². The van der Waals surface area contributed by atoms with Gasteiger partial charge in [-0.25, -0.2) is 0 Å². The molecule has 0 aromatic rings. The zero-order valence-electron chi connectivity index (χ0n) is 10.7. The van der Waals surface area contributed by atoms with Gasteiger partial charge in [0, 0.05) is 12.3 Å². The first-order valence-electron chi connectivity index (χ1n) is 5.81. The lowest BCUT2D eigenvalue weighted by atomic mass is 9.77. The second-order valence-electron chi connectivity index (χ2n) is 5.63. The van der Waals surface area contributed by atoms with Gasteiger partial charge >= 0.3 is 0 Å². The van der Waals surface area contributed by atoms with E-state index in [1.54, 1.807) is 0 Å². The fourth-order valence-corrected chi connectivity index (χ4v) is 1.40. The number of hydrogen-bond acceptors (Lipinski definition) is 1. The number of carbonyl (C=O) groups excluding carboxylic acids is 1. The molecule has 0 aromatic heterocycles. The Bertz CT molecular complexity index is 176. The van der Waals surface area contributed by atoms with E-state index in [4.69, 9.17) is 0 Å². The van der Waals surface area contributed by atoms with E-state index in [1.165, 1.54) is 0 Å². The summed E-state index contributed by atoms with van der Waals surface area (Å²) in [5.41, 5.74) is 0.252. The van der Waals surface area contributed by atoms with E-state index in [0.717, 1.165) is 19.3 Å². The van der Waals surface area contributed by atoms with Gasteiger partial charge in [-0.05, 0) is 17.8 Å². The molecule has 0 amide bonds. The van der Waals surface area contributed by atoms with E-state index >= 15 is 0 Å². The second-order valence-corrected chi connectivity index (χ2v) is 5.63. The van der Waals surface area contributed by atoms with Gasteiger partial charge in [0.2, 0.25) is 0 Å². The zero-order chi connectivity index (χ0) is 11.4. The van der Waals surface area contributed by atoms with Crippen molar-refractivity contribution in [1.29, 1.82) is 0 Å². The van der Waals surface area contributed by atoms with Gasteiger partial charge in [-0.3, -0.25) is 4.79 Å². The van der Waals surface area contributed by atoms with Crippen LogP contribution in [0.1, 0.15) is 60.8 Å². The van der Waals surface area contributed by atoms with Crippen LogP contribution >= 0.6 is 0 Å². The monoisotopic (exact) mass is 198 g/mol. The van der Waals surface area contributed by atoms with Crippen molar-refractivity contribution in [2.45, 2.75) is 60.8 Å². The molecule has 0 saturated heterocycles. The Labute approximate surface area is 89.3 Å². The number of carbonyl (C=O) groups is 1. The lowest BCUT2D eigenvalue weighted by Gasteiger charge is -2.27. The Balaban J connectivity index is 4.06. The molecule has 0 N–H and O–H groups in total. The lowest BCUT2D eigenvalue weighted by molar-refractivity contribution is -0.124. The van der Waals surface area contributed by atoms with Gasteiger partial charge in [0.25, 0.3) is 0 Å². The van der Waals surface area contributed by atoms with Crippen molar-refractivity contribution in [3.8, 4) is 0 Å². The normalized spacial score (nSPS) is 16.4. The van der Waals surface area contributed by atoms with Crippen LogP contribution in [0, 0.1) is 17.3 Å². The van der Waals surface area contributed by atoms with Gasteiger partial charge in [-0.2, -0.15) is 0 Å². The van der Waals surface area contributed by atoms with Crippen molar-refractivity contribution in [2.75, 3.05) is 0 Å². The summed E-state index contributed by atoms with van der Waals surface area (Å²) in [5.74, 6) is 1.17. The molecule has 0 aliphatic rings. The maximum absolute atomic E-state index is 11.8. The van der Waals surface area contributed by atoms with Crippen LogP contribution in [0.4, 0.5) is 0 Å². The molecule has 0 spiro atoms. The molecular weight excluding hydrogens is 172 g/mol. The predicted molar refractivity (Wildman–Crippen MR) is 62.3 cm³/mol. The maximum Gasteiger partial charge on any atom is 0.135 e. The van der Waals surface area contributed by atoms with Crippen LogP contribution in [-0.4, -0.2) is 5.78 Å². The summed E-state index contributed by atoms with van der Waals surface area (Å²) in [6.07, 6.45) is 2.89. The van der Waals surface area contributed by atoms with Gasteiger partial charge < -0.3 is 0 Å². The molecule has 1 heteroatoms. The standard InChI is InChI=1S/C13H26O/c1-7-8-10(2)12(14)9-11(3)13(4,5)6/h10-11H,7-9H2,1-6H3. The van der Waals surface area contributed by atoms with Crippen LogP contribution in [0.15, 0.2) is 0 Å². The minimum atomic E-state index is 0.252. The Kier molecular flexibility index (Phi) is 5.40. The number of ketones is 1. The molecule has 1 nitrogen and oxygen atoms in total. The Morgan fingerprint density at radius 2 is 1.71 bits per heavy atom. The molecule has 84 valence electrons. The fraction of sp³-hybridized carbons (Fsp3) is 0.923. The molecule has 0 radical (unpaired) electrons. The largest absolute Gasteiger partial charge is 0.299 e. The first kappa shape index (κ1) is 13.7. The maximum atomic E-state index is 11.8. The van der Waals surface area contributed by atoms with Gasteiger partial charge in [0.15, 0.2) is 0 Å². The van der Waals surface area contributed by atoms with Gasteiger partial charge in [0.1, 0.15) is 5.78 Å². The third-order valence-corrected chi connectivity index (χ3v) is 3.26. The fourth-order valence-electron chi connectivity index (χ4n) is 1.40. The molecular formula is C13H26O. The zero-order valence-corrected chi connectivity index (χ0v) is 10.7. The summed E-state index contributed by atoms with van der Waals surface area (Å²) in [6.45, 7) is 13.0. The number of hydrogen-bond donors (Lipinski definition) is 0. The summed E-state index contributed by atoms with van der Waals surface area (Å²) in [5, 5.41) is 0. The van der Waals surface area contributed by atoms with Crippen molar-refractivity contribution in [2.24, 2.45) is 17.3 Å². The Hall–Kier alpha value is -0.330. The van der Waals surface area contributed by atoms with Gasteiger partial charge in [-0.1, -0.05) is 48.0 Å². The Morgan fingerprint density at radius 3 is 2.07 bits per heavy atom. The van der Waals surface area contributed by atoms with Crippen molar-refractivity contribution in [1.82, 2.24) is 0 Å². The molecule has 2 atom stereocenters. The molecule has 0 bridgehead atoms. The smallest absolute Gasteiger partial charge is 0.135 e. The molecule has 0 saturated carbocycles. The van der Waals surface area contributed by atoms with E-state index in [-0.39, 0.29) is 11.3 Å². The third-order valence-electron chi connectivity index (χ3n) is 3.26. The first-order valence-corrected chi connectivity index (χ1v) is 5.81. The minimum absolute atomic E-state index is 0.252. The molecule has 0 aliphatic heterocycles. The van der Waals surface area contributed by atoms with Crippen LogP contribution in [0.25, 0.3) is 0 Å². The van der Waals surface area contributed by atoms with E-state index in [1.807, 2.05) is 0 Å². The average molecular weight is 198 g/mol. The molecule has 0 aliphatic carbocycles. The third kappa shape index (κ3) is 4.78. The molecule has 0 fully saturated rings. The van der Waals surface area contributed by atoms with E-state index in [0.29, 0.717) is 11.7 Å². The number of Topliss-reactive ketones (excluding diaryl/α,β-unsaturated/α-hetero) is 1. The highest BCUT2D eigenvalue weighted by Crippen LogP contribution is 2.29. The van der Waals surface area contributed by atoms with Crippen LogP contribution < -0.4 is 0 Å². The first-order chi connectivity index (χ1) is 6.29.